The number of para-hydroxylation sites is 1. The number of allylic oxidation sites excluding steroid dienone is 1. The quantitative estimate of drug-likeness (QED) is 0.216. The summed E-state index contributed by atoms with van der Waals surface area (Å²) in [4.78, 5) is 62.8. The van der Waals surface area contributed by atoms with Gasteiger partial charge in [-0.1, -0.05) is 55.3 Å². The van der Waals surface area contributed by atoms with Crippen LogP contribution >= 0.6 is 0 Å². The number of hydrogen-bond acceptors (Lipinski definition) is 8. The maximum absolute atomic E-state index is 14.8. The summed E-state index contributed by atoms with van der Waals surface area (Å²) in [5.41, 5.74) is -0.403. The van der Waals surface area contributed by atoms with E-state index in [4.69, 9.17) is 19.2 Å². The van der Waals surface area contributed by atoms with Crippen LogP contribution in [0.15, 0.2) is 60.7 Å². The van der Waals surface area contributed by atoms with E-state index in [2.05, 4.69) is 16.7 Å². The van der Waals surface area contributed by atoms with Crippen molar-refractivity contribution in [2.24, 2.45) is 5.92 Å². The SMILES string of the molecule is CCOC(=O)[C@@]12CC[C@H]1/C=C\CCCCC[C@H](NC(=O)OC(C)(C)C)C(=O)N1C[C@@]3(CCc4c(c(-c5cccc(F)c5)nc5ccccc45)O3)C[C@H]1C(=O)N2. The molecular formula is C43H51FN4O7. The van der Waals surface area contributed by atoms with Gasteiger partial charge in [-0.2, -0.15) is 0 Å². The van der Waals surface area contributed by atoms with Crippen LogP contribution in [0.2, 0.25) is 0 Å². The third kappa shape index (κ3) is 7.77. The molecule has 4 heterocycles. The molecule has 1 aromatic heterocycles. The van der Waals surface area contributed by atoms with E-state index in [1.165, 1.54) is 17.0 Å². The summed E-state index contributed by atoms with van der Waals surface area (Å²) < 4.78 is 32.8. The number of alkyl carbamates (subject to hydrolysis) is 1. The fraction of sp³-hybridized carbons (Fsp3) is 0.512. The Bertz CT molecular complexity index is 2010. The zero-order valence-electron chi connectivity index (χ0n) is 32.1. The number of benzene rings is 2. The Morgan fingerprint density at radius 3 is 2.64 bits per heavy atom. The molecule has 1 saturated carbocycles. The molecule has 11 nitrogen and oxygen atoms in total. The second kappa shape index (κ2) is 15.3. The monoisotopic (exact) mass is 754 g/mol. The van der Waals surface area contributed by atoms with Crippen LogP contribution in [0, 0.1) is 11.7 Å². The minimum Gasteiger partial charge on any atom is -0.483 e. The zero-order chi connectivity index (χ0) is 39.0. The normalized spacial score (nSPS) is 27.6. The number of nitrogens with one attached hydrogen (secondary N) is 2. The van der Waals surface area contributed by atoms with Crippen molar-refractivity contribution in [3.05, 3.63) is 72.1 Å². The molecule has 3 amide bonds. The molecule has 5 atom stereocenters. The van der Waals surface area contributed by atoms with Gasteiger partial charge in [0.25, 0.3) is 0 Å². The summed E-state index contributed by atoms with van der Waals surface area (Å²) in [7, 11) is 0. The van der Waals surface area contributed by atoms with Crippen molar-refractivity contribution >= 4 is 34.8 Å². The number of nitrogens with zero attached hydrogens (tertiary/aromatic N) is 2. The van der Waals surface area contributed by atoms with Gasteiger partial charge in [0, 0.05) is 28.9 Å². The van der Waals surface area contributed by atoms with Crippen LogP contribution in [0.1, 0.15) is 91.0 Å². The number of carbonyl (C=O) groups excluding carboxylic acids is 4. The molecule has 55 heavy (non-hydrogen) atoms. The molecule has 2 N–H and O–H groups in total. The van der Waals surface area contributed by atoms with Crippen molar-refractivity contribution in [1.29, 1.82) is 0 Å². The van der Waals surface area contributed by atoms with Crippen molar-refractivity contribution in [3.8, 4) is 17.0 Å². The summed E-state index contributed by atoms with van der Waals surface area (Å²) in [6.45, 7) is 7.20. The number of ether oxygens (including phenoxy) is 3. The lowest BCUT2D eigenvalue weighted by Crippen LogP contribution is -2.67. The summed E-state index contributed by atoms with van der Waals surface area (Å²) in [5, 5.41) is 6.82. The number of aromatic nitrogens is 1. The standard InChI is InChI=1S/C43H51FN4O7/c1-5-53-39(51)43-23-20-28(43)15-9-7-6-8-10-19-33(46-40(52)55-41(2,3)4)38(50)48-26-42(25-34(48)37(49)47-43)22-21-31-30-17-11-12-18-32(30)45-35(36(31)54-42)27-14-13-16-29(44)24-27/h9,11-18,24,28,33-34H,5-8,10,19-23,25-26H2,1-4H3,(H,46,52)(H,47,49)/b15-9-/t28-,33+,34+,42-,43-/m1/s1. The second-order valence-electron chi connectivity index (χ2n) is 16.4. The van der Waals surface area contributed by atoms with Crippen LogP contribution < -0.4 is 15.4 Å². The van der Waals surface area contributed by atoms with E-state index in [1.807, 2.05) is 30.3 Å². The molecule has 4 aliphatic rings. The summed E-state index contributed by atoms with van der Waals surface area (Å²) in [6, 6.07) is 11.9. The number of halogens is 1. The lowest BCUT2D eigenvalue weighted by molar-refractivity contribution is -0.161. The predicted octanol–water partition coefficient (Wildman–Crippen LogP) is 6.95. The number of aryl methyl sites for hydroxylation is 1. The Labute approximate surface area is 321 Å². The molecule has 0 radical (unpaired) electrons. The molecule has 292 valence electrons. The minimum atomic E-state index is -1.27. The zero-order valence-corrected chi connectivity index (χ0v) is 32.1. The molecule has 3 aliphatic heterocycles. The molecule has 1 saturated heterocycles. The Balaban J connectivity index is 1.29. The summed E-state index contributed by atoms with van der Waals surface area (Å²) in [6.07, 6.45) is 9.06. The average Bonchev–Trinajstić information content (AvgIpc) is 3.50. The minimum absolute atomic E-state index is 0.0427. The summed E-state index contributed by atoms with van der Waals surface area (Å²) >= 11 is 0. The first-order valence-corrected chi connectivity index (χ1v) is 19.6. The third-order valence-corrected chi connectivity index (χ3v) is 11.4. The van der Waals surface area contributed by atoms with Crippen LogP contribution in [0.5, 0.6) is 5.75 Å². The molecule has 1 spiro atoms. The number of carbonyl (C=O) groups is 4. The lowest BCUT2D eigenvalue weighted by atomic mass is 9.66. The van der Waals surface area contributed by atoms with Crippen LogP contribution in [0.3, 0.4) is 0 Å². The van der Waals surface area contributed by atoms with Gasteiger partial charge in [0.05, 0.1) is 18.7 Å². The van der Waals surface area contributed by atoms with Gasteiger partial charge in [0.1, 0.15) is 46.1 Å². The van der Waals surface area contributed by atoms with E-state index in [1.54, 1.807) is 39.8 Å². The van der Waals surface area contributed by atoms with Gasteiger partial charge in [-0.05, 0) is 90.8 Å². The highest BCUT2D eigenvalue weighted by molar-refractivity contribution is 5.96. The van der Waals surface area contributed by atoms with E-state index in [0.29, 0.717) is 55.5 Å². The number of pyridine rings is 1. The number of amides is 3. The predicted molar refractivity (Wildman–Crippen MR) is 205 cm³/mol. The summed E-state index contributed by atoms with van der Waals surface area (Å²) in [5.74, 6) is -1.59. The Morgan fingerprint density at radius 2 is 1.89 bits per heavy atom. The van der Waals surface area contributed by atoms with Crippen LogP contribution in [-0.2, 0) is 30.3 Å². The molecular weight excluding hydrogens is 703 g/mol. The van der Waals surface area contributed by atoms with Gasteiger partial charge in [0.15, 0.2) is 0 Å². The van der Waals surface area contributed by atoms with E-state index in [9.17, 15) is 23.6 Å². The third-order valence-electron chi connectivity index (χ3n) is 11.4. The van der Waals surface area contributed by atoms with Crippen LogP contribution in [-0.4, -0.2) is 75.7 Å². The smallest absolute Gasteiger partial charge is 0.408 e. The largest absolute Gasteiger partial charge is 0.483 e. The first-order chi connectivity index (χ1) is 26.3. The van der Waals surface area contributed by atoms with Gasteiger partial charge in [-0.25, -0.2) is 19.0 Å². The highest BCUT2D eigenvalue weighted by Gasteiger charge is 2.58. The number of rotatable bonds is 4. The average molecular weight is 755 g/mol. The van der Waals surface area contributed by atoms with E-state index >= 15 is 0 Å². The van der Waals surface area contributed by atoms with Crippen molar-refractivity contribution in [3.63, 3.8) is 0 Å². The maximum Gasteiger partial charge on any atom is 0.408 e. The highest BCUT2D eigenvalue weighted by Crippen LogP contribution is 2.48. The van der Waals surface area contributed by atoms with Gasteiger partial charge in [-0.15, -0.1) is 0 Å². The molecule has 0 unspecified atom stereocenters. The molecule has 1 aliphatic carbocycles. The Kier molecular flexibility index (Phi) is 10.6. The molecule has 7 rings (SSSR count). The van der Waals surface area contributed by atoms with Gasteiger partial charge in [0.2, 0.25) is 11.8 Å². The van der Waals surface area contributed by atoms with Gasteiger partial charge >= 0.3 is 12.1 Å². The maximum atomic E-state index is 14.8. The van der Waals surface area contributed by atoms with E-state index in [-0.39, 0.29) is 25.5 Å². The number of hydrogen-bond donors (Lipinski definition) is 2. The first kappa shape index (κ1) is 38.3. The van der Waals surface area contributed by atoms with Gasteiger partial charge < -0.3 is 29.7 Å². The number of esters is 1. The Hall–Kier alpha value is -5.00. The van der Waals surface area contributed by atoms with Crippen LogP contribution in [0.25, 0.3) is 22.2 Å². The molecule has 3 aromatic rings. The second-order valence-corrected chi connectivity index (χ2v) is 16.4. The van der Waals surface area contributed by atoms with Crippen molar-refractivity contribution in [1.82, 2.24) is 20.5 Å². The molecule has 12 heteroatoms. The van der Waals surface area contributed by atoms with Crippen molar-refractivity contribution in [2.45, 2.75) is 121 Å². The fourth-order valence-corrected chi connectivity index (χ4v) is 8.58. The fourth-order valence-electron chi connectivity index (χ4n) is 8.58. The van der Waals surface area contributed by atoms with E-state index < -0.39 is 58.5 Å². The molecule has 2 aromatic carbocycles. The molecule has 0 bridgehead atoms. The van der Waals surface area contributed by atoms with Crippen LogP contribution in [0.4, 0.5) is 9.18 Å². The first-order valence-electron chi connectivity index (χ1n) is 19.6. The Morgan fingerprint density at radius 1 is 1.07 bits per heavy atom. The van der Waals surface area contributed by atoms with Crippen molar-refractivity contribution in [2.75, 3.05) is 13.2 Å². The highest BCUT2D eigenvalue weighted by atomic mass is 19.1. The van der Waals surface area contributed by atoms with E-state index in [0.717, 1.165) is 35.7 Å². The van der Waals surface area contributed by atoms with Crippen molar-refractivity contribution < 1.29 is 37.8 Å². The lowest BCUT2D eigenvalue weighted by Gasteiger charge is -2.47. The number of fused-ring (bicyclic) bond motifs is 5. The topological polar surface area (TPSA) is 136 Å². The molecule has 2 fully saturated rings. The van der Waals surface area contributed by atoms with Gasteiger partial charge in [-0.3, -0.25) is 9.59 Å².